The summed E-state index contributed by atoms with van der Waals surface area (Å²) in [7, 11) is 0. The largest absolute Gasteiger partial charge is 0.340 e. The molecule has 0 spiro atoms. The number of nitrogens with one attached hydrogen (secondary N) is 1. The van der Waals surface area contributed by atoms with Crippen LogP contribution < -0.4 is 5.32 Å². The van der Waals surface area contributed by atoms with Gasteiger partial charge in [-0.1, -0.05) is 65.7 Å². The number of halogens is 2. The maximum Gasteiger partial charge on any atom is 0.294 e. The molecule has 6 nitrogen and oxygen atoms in total. The first-order valence-electron chi connectivity index (χ1n) is 11.4. The minimum Gasteiger partial charge on any atom is -0.340 e. The van der Waals surface area contributed by atoms with Crippen molar-refractivity contribution in [3.8, 4) is 0 Å². The molecule has 186 valence electrons. The average Bonchev–Trinajstić information content (AvgIpc) is 3.28. The highest BCUT2D eigenvalue weighted by molar-refractivity contribution is 8.18. The van der Waals surface area contributed by atoms with Crippen molar-refractivity contribution in [3.05, 3.63) is 105 Å². The van der Waals surface area contributed by atoms with Crippen molar-refractivity contribution < 1.29 is 14.4 Å². The number of imide groups is 1. The summed E-state index contributed by atoms with van der Waals surface area (Å²) in [5.41, 5.74) is 4.24. The lowest BCUT2D eigenvalue weighted by atomic mass is 10.1. The van der Waals surface area contributed by atoms with E-state index in [1.54, 1.807) is 30.3 Å². The molecule has 0 bridgehead atoms. The number of rotatable bonds is 6. The third kappa shape index (κ3) is 5.16. The first-order chi connectivity index (χ1) is 17.8. The van der Waals surface area contributed by atoms with Gasteiger partial charge in [0.25, 0.3) is 11.1 Å². The fourth-order valence-electron chi connectivity index (χ4n) is 4.32. The third-order valence-electron chi connectivity index (χ3n) is 6.13. The first kappa shape index (κ1) is 25.1. The second-order valence-corrected chi connectivity index (χ2v) is 10.4. The van der Waals surface area contributed by atoms with Crippen LogP contribution in [0.2, 0.25) is 10.0 Å². The van der Waals surface area contributed by atoms with Gasteiger partial charge < -0.3 is 9.88 Å². The van der Waals surface area contributed by atoms with Crippen LogP contribution in [0.15, 0.2) is 77.7 Å². The molecule has 0 radical (unpaired) electrons. The molecular weight excluding hydrogens is 529 g/mol. The van der Waals surface area contributed by atoms with Crippen LogP contribution in [0.3, 0.4) is 0 Å². The Morgan fingerprint density at radius 2 is 1.76 bits per heavy atom. The van der Waals surface area contributed by atoms with Crippen LogP contribution in [0, 0.1) is 6.92 Å². The molecule has 0 unspecified atom stereocenters. The Balaban J connectivity index is 1.42. The maximum absolute atomic E-state index is 13.1. The van der Waals surface area contributed by atoms with Crippen LogP contribution in [0.4, 0.5) is 10.5 Å². The van der Waals surface area contributed by atoms with E-state index in [0.717, 1.165) is 44.4 Å². The van der Waals surface area contributed by atoms with E-state index in [1.807, 2.05) is 55.5 Å². The average molecular weight is 550 g/mol. The molecule has 1 N–H and O–H groups in total. The number of para-hydroxylation sites is 1. The van der Waals surface area contributed by atoms with Gasteiger partial charge in [0.05, 0.1) is 4.91 Å². The molecule has 1 aliphatic heterocycles. The van der Waals surface area contributed by atoms with Crippen molar-refractivity contribution in [2.45, 2.75) is 13.5 Å². The molecule has 3 amide bonds. The van der Waals surface area contributed by atoms with Gasteiger partial charge in [0.15, 0.2) is 0 Å². The summed E-state index contributed by atoms with van der Waals surface area (Å²) in [6, 6.07) is 22.2. The van der Waals surface area contributed by atoms with Gasteiger partial charge in [-0.05, 0) is 60.7 Å². The van der Waals surface area contributed by atoms with Crippen LogP contribution in [0.25, 0.3) is 17.0 Å². The Bertz CT molecular complexity index is 1590. The van der Waals surface area contributed by atoms with Crippen LogP contribution in [-0.2, 0) is 16.1 Å². The summed E-state index contributed by atoms with van der Waals surface area (Å²) in [5, 5.41) is 4.28. The minimum atomic E-state index is -0.501. The van der Waals surface area contributed by atoms with Crippen LogP contribution in [0.5, 0.6) is 0 Å². The van der Waals surface area contributed by atoms with E-state index in [-0.39, 0.29) is 11.4 Å². The van der Waals surface area contributed by atoms with E-state index in [9.17, 15) is 14.4 Å². The zero-order valence-corrected chi connectivity index (χ0v) is 22.0. The first-order valence-corrected chi connectivity index (χ1v) is 13.0. The lowest BCUT2D eigenvalue weighted by Crippen LogP contribution is -2.36. The summed E-state index contributed by atoms with van der Waals surface area (Å²) in [4.78, 5) is 39.6. The molecular formula is C28H21Cl2N3O3S. The summed E-state index contributed by atoms with van der Waals surface area (Å²) >= 11 is 13.2. The molecule has 1 saturated heterocycles. The molecule has 1 aromatic heterocycles. The summed E-state index contributed by atoms with van der Waals surface area (Å²) in [6.07, 6.45) is 1.74. The fourth-order valence-corrected chi connectivity index (χ4v) is 5.52. The third-order valence-corrected chi connectivity index (χ3v) is 7.64. The molecule has 4 aromatic rings. The van der Waals surface area contributed by atoms with Crippen molar-refractivity contribution in [1.82, 2.24) is 9.47 Å². The summed E-state index contributed by atoms with van der Waals surface area (Å²) < 4.78 is 2.14. The van der Waals surface area contributed by atoms with Crippen LogP contribution in [0.1, 0.15) is 16.8 Å². The Hall–Kier alpha value is -3.52. The van der Waals surface area contributed by atoms with Crippen LogP contribution >= 0.6 is 35.0 Å². The second kappa shape index (κ2) is 10.5. The monoisotopic (exact) mass is 549 g/mol. The Morgan fingerprint density at radius 3 is 2.54 bits per heavy atom. The number of carbonyl (C=O) groups is 3. The van der Waals surface area contributed by atoms with Crippen molar-refractivity contribution in [1.29, 1.82) is 0 Å². The standard InChI is InChI=1S/C28H21Cl2N3O3S/c1-17-22(21-10-3-5-12-24(21)32(17)15-18-7-2-4-11-23(18)30)14-25-27(35)33(28(36)37-25)16-26(34)31-20-9-6-8-19(29)13-20/h2-14H,15-16H2,1H3,(H,31,34)/b25-14-. The highest BCUT2D eigenvalue weighted by Crippen LogP contribution is 2.36. The van der Waals surface area contributed by atoms with Gasteiger partial charge in [-0.15, -0.1) is 0 Å². The SMILES string of the molecule is Cc1c(/C=C2\SC(=O)N(CC(=O)Nc3cccc(Cl)c3)C2=O)c2ccccc2n1Cc1ccccc1Cl. The van der Waals surface area contributed by atoms with Crippen molar-refractivity contribution >= 4 is 74.7 Å². The number of anilines is 1. The predicted molar refractivity (Wildman–Crippen MR) is 150 cm³/mol. The van der Waals surface area contributed by atoms with E-state index in [0.29, 0.717) is 22.3 Å². The number of fused-ring (bicyclic) bond motifs is 1. The van der Waals surface area contributed by atoms with E-state index < -0.39 is 17.1 Å². The molecule has 0 saturated carbocycles. The fraction of sp³-hybridized carbons (Fsp3) is 0.107. The van der Waals surface area contributed by atoms with E-state index in [4.69, 9.17) is 23.2 Å². The summed E-state index contributed by atoms with van der Waals surface area (Å²) in [5.74, 6) is -0.989. The van der Waals surface area contributed by atoms with Gasteiger partial charge >= 0.3 is 0 Å². The van der Waals surface area contributed by atoms with E-state index in [1.165, 1.54) is 0 Å². The molecule has 9 heteroatoms. The second-order valence-electron chi connectivity index (χ2n) is 8.52. The minimum absolute atomic E-state index is 0.268. The topological polar surface area (TPSA) is 71.4 Å². The number of thioether (sulfide) groups is 1. The van der Waals surface area contributed by atoms with Gasteiger partial charge in [-0.3, -0.25) is 19.3 Å². The normalized spacial score (nSPS) is 14.7. The number of amides is 3. The number of nitrogens with zero attached hydrogens (tertiary/aromatic N) is 2. The highest BCUT2D eigenvalue weighted by atomic mass is 35.5. The maximum atomic E-state index is 13.1. The molecule has 1 fully saturated rings. The van der Waals surface area contributed by atoms with Gasteiger partial charge in [0, 0.05) is 44.4 Å². The van der Waals surface area contributed by atoms with Crippen molar-refractivity contribution in [2.75, 3.05) is 11.9 Å². The predicted octanol–water partition coefficient (Wildman–Crippen LogP) is 6.98. The smallest absolute Gasteiger partial charge is 0.294 e. The van der Waals surface area contributed by atoms with Gasteiger partial charge in [-0.25, -0.2) is 0 Å². The van der Waals surface area contributed by atoms with Crippen molar-refractivity contribution in [3.63, 3.8) is 0 Å². The number of benzene rings is 3. The van der Waals surface area contributed by atoms with Crippen molar-refractivity contribution in [2.24, 2.45) is 0 Å². The Kier molecular flexibility index (Phi) is 7.11. The number of hydrogen-bond acceptors (Lipinski definition) is 4. The number of carbonyl (C=O) groups excluding carboxylic acids is 3. The quantitative estimate of drug-likeness (QED) is 0.263. The van der Waals surface area contributed by atoms with Crippen LogP contribution in [-0.4, -0.2) is 33.1 Å². The molecule has 0 atom stereocenters. The van der Waals surface area contributed by atoms with Gasteiger partial charge in [-0.2, -0.15) is 0 Å². The number of hydrogen-bond donors (Lipinski definition) is 1. The molecule has 1 aliphatic rings. The molecule has 2 heterocycles. The lowest BCUT2D eigenvalue weighted by Gasteiger charge is -2.12. The molecule has 37 heavy (non-hydrogen) atoms. The summed E-state index contributed by atoms with van der Waals surface area (Å²) in [6.45, 7) is 2.15. The lowest BCUT2D eigenvalue weighted by molar-refractivity contribution is -0.127. The zero-order chi connectivity index (χ0) is 26.1. The van der Waals surface area contributed by atoms with E-state index >= 15 is 0 Å². The molecule has 0 aliphatic carbocycles. The van der Waals surface area contributed by atoms with Gasteiger partial charge in [0.2, 0.25) is 5.91 Å². The van der Waals surface area contributed by atoms with E-state index in [2.05, 4.69) is 9.88 Å². The molecule has 3 aromatic carbocycles. The number of aromatic nitrogens is 1. The Labute approximate surface area is 227 Å². The zero-order valence-electron chi connectivity index (χ0n) is 19.7. The van der Waals surface area contributed by atoms with Gasteiger partial charge in [0.1, 0.15) is 6.54 Å². The molecule has 5 rings (SSSR count). The highest BCUT2D eigenvalue weighted by Gasteiger charge is 2.36. The Morgan fingerprint density at radius 1 is 1.00 bits per heavy atom.